The van der Waals surface area contributed by atoms with Crippen molar-refractivity contribution >= 4 is 59.9 Å². The largest absolute Gasteiger partial charge is 0.423 e. The highest BCUT2D eigenvalue weighted by Crippen LogP contribution is 2.37. The fraction of sp³-hybridized carbons (Fsp3) is 0.235. The van der Waals surface area contributed by atoms with Gasteiger partial charge in [-0.25, -0.2) is 14.5 Å². The number of aromatic nitrogens is 2. The van der Waals surface area contributed by atoms with Gasteiger partial charge in [-0.2, -0.15) is 0 Å². The number of nitrogens with zero attached hydrogens (tertiary/aromatic N) is 2. The average Bonchev–Trinajstić information content (AvgIpc) is 3.56. The van der Waals surface area contributed by atoms with Gasteiger partial charge in [-0.05, 0) is 47.5 Å². The average molecular weight is 578 g/mol. The van der Waals surface area contributed by atoms with Gasteiger partial charge < -0.3 is 21.6 Å². The standard InChI is InChI=1S/C34H35N5O2S/c1-2-3-4-5-6-11-20-37-39-31-27-15-10-8-13-25(27)24-12-7-9-14-26(24)30(31)38-33(39)22-16-18-23(19-17-22)41-34(40)28-21-29(35)42-32(28)36/h7-10,12-19,21,37H,2-6,11,20,35-36H2,1H3. The van der Waals surface area contributed by atoms with E-state index >= 15 is 0 Å². The molecule has 0 aliphatic carbocycles. The quantitative estimate of drug-likeness (QED) is 0.0618. The Labute approximate surface area is 249 Å². The maximum absolute atomic E-state index is 12.7. The first kappa shape index (κ1) is 27.6. The van der Waals surface area contributed by atoms with Gasteiger partial charge >= 0.3 is 5.97 Å². The van der Waals surface area contributed by atoms with Crippen LogP contribution in [0.3, 0.4) is 0 Å². The highest BCUT2D eigenvalue weighted by molar-refractivity contribution is 7.20. The second-order valence-electron chi connectivity index (χ2n) is 10.6. The normalized spacial score (nSPS) is 11.5. The number of imidazole rings is 1. The fourth-order valence-corrected chi connectivity index (χ4v) is 6.25. The Morgan fingerprint density at radius 1 is 0.857 bits per heavy atom. The van der Waals surface area contributed by atoms with E-state index in [0.717, 1.165) is 57.5 Å². The van der Waals surface area contributed by atoms with E-state index in [4.69, 9.17) is 21.2 Å². The molecule has 7 nitrogen and oxygen atoms in total. The van der Waals surface area contributed by atoms with Gasteiger partial charge in [0.25, 0.3) is 0 Å². The van der Waals surface area contributed by atoms with Crippen molar-refractivity contribution in [1.29, 1.82) is 0 Å². The second kappa shape index (κ2) is 12.1. The van der Waals surface area contributed by atoms with Crippen LogP contribution < -0.4 is 21.6 Å². The molecule has 2 aromatic heterocycles. The summed E-state index contributed by atoms with van der Waals surface area (Å²) in [6.07, 6.45) is 7.36. The number of thiophene rings is 1. The number of carbonyl (C=O) groups excluding carboxylic acids is 1. The first-order valence-electron chi connectivity index (χ1n) is 14.6. The first-order chi connectivity index (χ1) is 20.5. The summed E-state index contributed by atoms with van der Waals surface area (Å²) in [4.78, 5) is 17.9. The van der Waals surface area contributed by atoms with Gasteiger partial charge in [0.1, 0.15) is 10.8 Å². The first-order valence-corrected chi connectivity index (χ1v) is 15.4. The van der Waals surface area contributed by atoms with Gasteiger partial charge in [-0.1, -0.05) is 87.6 Å². The van der Waals surface area contributed by atoms with Crippen molar-refractivity contribution in [3.8, 4) is 17.1 Å². The maximum Gasteiger partial charge on any atom is 0.346 e. The van der Waals surface area contributed by atoms with Crippen molar-refractivity contribution in [3.05, 3.63) is 84.4 Å². The molecule has 0 aliphatic rings. The summed E-state index contributed by atoms with van der Waals surface area (Å²) in [7, 11) is 0. The molecule has 0 bridgehead atoms. The Bertz CT molecular complexity index is 1870. The third-order valence-electron chi connectivity index (χ3n) is 7.66. The number of benzene rings is 4. The summed E-state index contributed by atoms with van der Waals surface area (Å²) >= 11 is 1.16. The van der Waals surface area contributed by atoms with Crippen LogP contribution in [0.2, 0.25) is 0 Å². The Morgan fingerprint density at radius 2 is 1.50 bits per heavy atom. The number of fused-ring (bicyclic) bond motifs is 6. The van der Waals surface area contributed by atoms with E-state index in [9.17, 15) is 4.79 Å². The van der Waals surface area contributed by atoms with Gasteiger partial charge in [0, 0.05) is 22.9 Å². The molecule has 6 rings (SSSR count). The van der Waals surface area contributed by atoms with Crippen molar-refractivity contribution in [2.75, 3.05) is 23.4 Å². The minimum Gasteiger partial charge on any atom is -0.423 e. The van der Waals surface area contributed by atoms with Gasteiger partial charge in [-0.3, -0.25) is 0 Å². The number of esters is 1. The summed E-state index contributed by atoms with van der Waals surface area (Å²) in [6.45, 7) is 3.08. The number of hydrogen-bond acceptors (Lipinski definition) is 7. The number of hydrogen-bond donors (Lipinski definition) is 3. The van der Waals surface area contributed by atoms with Gasteiger partial charge in [0.05, 0.1) is 21.6 Å². The second-order valence-corrected chi connectivity index (χ2v) is 11.7. The van der Waals surface area contributed by atoms with Crippen LogP contribution in [0, 0.1) is 0 Å². The number of anilines is 2. The third kappa shape index (κ3) is 5.37. The maximum atomic E-state index is 12.7. The summed E-state index contributed by atoms with van der Waals surface area (Å²) in [5, 5.41) is 5.47. The van der Waals surface area contributed by atoms with Gasteiger partial charge in [0.15, 0.2) is 5.82 Å². The van der Waals surface area contributed by atoms with Crippen molar-refractivity contribution in [1.82, 2.24) is 9.66 Å². The molecular formula is C34H35N5O2S. The molecule has 0 saturated heterocycles. The molecule has 0 saturated carbocycles. The molecule has 214 valence electrons. The molecule has 0 atom stereocenters. The summed E-state index contributed by atoms with van der Waals surface area (Å²) in [6, 6.07) is 25.9. The molecule has 6 aromatic rings. The predicted molar refractivity (Wildman–Crippen MR) is 176 cm³/mol. The predicted octanol–water partition coefficient (Wildman–Crippen LogP) is 8.36. The molecule has 0 spiro atoms. The molecule has 0 radical (unpaired) electrons. The van der Waals surface area contributed by atoms with E-state index in [1.165, 1.54) is 42.9 Å². The number of rotatable bonds is 11. The summed E-state index contributed by atoms with van der Waals surface area (Å²) in [5.41, 5.74) is 18.6. The van der Waals surface area contributed by atoms with E-state index in [0.29, 0.717) is 15.8 Å². The van der Waals surface area contributed by atoms with E-state index in [-0.39, 0.29) is 5.56 Å². The number of ether oxygens (including phenoxy) is 1. The molecule has 8 heteroatoms. The van der Waals surface area contributed by atoms with E-state index < -0.39 is 5.97 Å². The lowest BCUT2D eigenvalue weighted by atomic mass is 10.00. The Kier molecular flexibility index (Phi) is 7.97. The zero-order valence-corrected chi connectivity index (χ0v) is 24.5. The van der Waals surface area contributed by atoms with Crippen molar-refractivity contribution in [3.63, 3.8) is 0 Å². The van der Waals surface area contributed by atoms with E-state index in [2.05, 4.69) is 65.6 Å². The van der Waals surface area contributed by atoms with Crippen LogP contribution in [0.25, 0.3) is 44.0 Å². The minimum absolute atomic E-state index is 0.279. The highest BCUT2D eigenvalue weighted by atomic mass is 32.1. The van der Waals surface area contributed by atoms with Gasteiger partial charge in [0.2, 0.25) is 0 Å². The Morgan fingerprint density at radius 3 is 2.19 bits per heavy atom. The summed E-state index contributed by atoms with van der Waals surface area (Å²) in [5.74, 6) is 0.704. The SMILES string of the molecule is CCCCCCCCNn1c(-c2ccc(OC(=O)c3cc(N)sc3N)cc2)nc2c3ccccc3c3ccccc3c21. The van der Waals surface area contributed by atoms with Crippen LogP contribution in [-0.2, 0) is 0 Å². The Hall–Kier alpha value is -4.56. The number of carbonyl (C=O) groups is 1. The van der Waals surface area contributed by atoms with Crippen LogP contribution in [0.15, 0.2) is 78.9 Å². The van der Waals surface area contributed by atoms with Crippen LogP contribution in [-0.4, -0.2) is 22.2 Å². The van der Waals surface area contributed by atoms with Gasteiger partial charge in [-0.15, -0.1) is 11.3 Å². The lowest BCUT2D eigenvalue weighted by Crippen LogP contribution is -2.17. The fourth-order valence-electron chi connectivity index (χ4n) is 5.57. The molecular weight excluding hydrogens is 542 g/mol. The van der Waals surface area contributed by atoms with E-state index in [1.807, 2.05) is 12.1 Å². The van der Waals surface area contributed by atoms with Crippen molar-refractivity contribution in [2.24, 2.45) is 0 Å². The van der Waals surface area contributed by atoms with Crippen LogP contribution in [0.4, 0.5) is 10.0 Å². The summed E-state index contributed by atoms with van der Waals surface area (Å²) < 4.78 is 7.74. The Balaban J connectivity index is 1.38. The minimum atomic E-state index is -0.529. The lowest BCUT2D eigenvalue weighted by molar-refractivity contribution is 0.0736. The molecule has 0 aliphatic heterocycles. The molecule has 5 N–H and O–H groups in total. The smallest absolute Gasteiger partial charge is 0.346 e. The van der Waals surface area contributed by atoms with Crippen LogP contribution >= 0.6 is 11.3 Å². The van der Waals surface area contributed by atoms with Crippen molar-refractivity contribution in [2.45, 2.75) is 45.4 Å². The number of nitrogen functional groups attached to an aromatic ring is 2. The van der Waals surface area contributed by atoms with Crippen LogP contribution in [0.1, 0.15) is 55.8 Å². The topological polar surface area (TPSA) is 108 Å². The zero-order valence-electron chi connectivity index (χ0n) is 23.7. The number of unbranched alkanes of at least 4 members (excludes halogenated alkanes) is 5. The molecule has 42 heavy (non-hydrogen) atoms. The highest BCUT2D eigenvalue weighted by Gasteiger charge is 2.20. The number of nitrogens with two attached hydrogens (primary N) is 2. The van der Waals surface area contributed by atoms with Crippen LogP contribution in [0.5, 0.6) is 5.75 Å². The zero-order chi connectivity index (χ0) is 29.1. The molecule has 0 fully saturated rings. The monoisotopic (exact) mass is 577 g/mol. The molecule has 0 amide bonds. The van der Waals surface area contributed by atoms with E-state index in [1.54, 1.807) is 18.2 Å². The lowest BCUT2D eigenvalue weighted by Gasteiger charge is -2.14. The molecule has 2 heterocycles. The third-order valence-corrected chi connectivity index (χ3v) is 8.45. The number of nitrogens with one attached hydrogen (secondary N) is 1. The molecule has 4 aromatic carbocycles. The van der Waals surface area contributed by atoms with Crippen molar-refractivity contribution < 1.29 is 9.53 Å². The molecule has 0 unspecified atom stereocenters.